The molecule has 25 heavy (non-hydrogen) atoms. The van der Waals surface area contributed by atoms with Crippen LogP contribution in [0.4, 0.5) is 4.39 Å². The zero-order valence-corrected chi connectivity index (χ0v) is 14.2. The predicted octanol–water partition coefficient (Wildman–Crippen LogP) is 4.00. The second-order valence-electron chi connectivity index (χ2n) is 6.42. The maximum atomic E-state index is 13.5. The topological polar surface area (TPSA) is 42.2 Å². The summed E-state index contributed by atoms with van der Waals surface area (Å²) in [7, 11) is 0. The van der Waals surface area contributed by atoms with Crippen molar-refractivity contribution < 1.29 is 8.91 Å². The van der Waals surface area contributed by atoms with E-state index in [2.05, 4.69) is 34.1 Å². The van der Waals surface area contributed by atoms with Gasteiger partial charge >= 0.3 is 0 Å². The van der Waals surface area contributed by atoms with Crippen molar-refractivity contribution in [1.29, 1.82) is 0 Å². The van der Waals surface area contributed by atoms with Gasteiger partial charge in [-0.2, -0.15) is 0 Å². The molecule has 3 heterocycles. The normalized spacial score (nSPS) is 14.5. The molecular weight excluding hydrogens is 317 g/mol. The van der Waals surface area contributed by atoms with Gasteiger partial charge in [0.15, 0.2) is 0 Å². The van der Waals surface area contributed by atoms with Gasteiger partial charge in [0.05, 0.1) is 5.69 Å². The summed E-state index contributed by atoms with van der Waals surface area (Å²) in [6, 6.07) is 10.7. The van der Waals surface area contributed by atoms with Gasteiger partial charge in [0.1, 0.15) is 17.3 Å². The van der Waals surface area contributed by atoms with Crippen molar-refractivity contribution >= 4 is 0 Å². The van der Waals surface area contributed by atoms with Gasteiger partial charge < -0.3 is 4.52 Å². The highest BCUT2D eigenvalue weighted by atomic mass is 19.1. The van der Waals surface area contributed by atoms with Crippen LogP contribution in [0.3, 0.4) is 0 Å². The van der Waals surface area contributed by atoms with Crippen LogP contribution in [0.5, 0.6) is 0 Å². The number of hydrogen-bond donors (Lipinski definition) is 0. The Kier molecular flexibility index (Phi) is 4.32. The van der Waals surface area contributed by atoms with Gasteiger partial charge in [-0.15, -0.1) is 0 Å². The molecule has 1 aliphatic heterocycles. The van der Waals surface area contributed by atoms with Gasteiger partial charge in [0.2, 0.25) is 0 Å². The van der Waals surface area contributed by atoms with Crippen LogP contribution in [0, 0.1) is 5.82 Å². The number of fused-ring (bicyclic) bond motifs is 1. The first-order chi connectivity index (χ1) is 12.2. The molecule has 0 unspecified atom stereocenters. The molecule has 0 saturated carbocycles. The second kappa shape index (κ2) is 6.76. The highest BCUT2D eigenvalue weighted by Crippen LogP contribution is 2.30. The molecule has 0 radical (unpaired) electrons. The zero-order chi connectivity index (χ0) is 17.2. The Balaban J connectivity index is 1.55. The molecule has 1 aromatic carbocycles. The Morgan fingerprint density at radius 2 is 2.16 bits per heavy atom. The summed E-state index contributed by atoms with van der Waals surface area (Å²) in [5.74, 6) is 0.645. The van der Waals surface area contributed by atoms with Crippen molar-refractivity contribution in [2.75, 3.05) is 6.54 Å². The van der Waals surface area contributed by atoms with Crippen LogP contribution < -0.4 is 0 Å². The molecule has 4 nitrogen and oxygen atoms in total. The maximum Gasteiger partial charge on any atom is 0.143 e. The van der Waals surface area contributed by atoms with Crippen molar-refractivity contribution in [1.82, 2.24) is 15.0 Å². The molecule has 128 valence electrons. The van der Waals surface area contributed by atoms with Crippen LogP contribution >= 0.6 is 0 Å². The number of pyridine rings is 1. The third-order valence-corrected chi connectivity index (χ3v) is 4.68. The van der Waals surface area contributed by atoms with E-state index in [1.165, 1.54) is 17.7 Å². The lowest BCUT2D eigenvalue weighted by Gasteiger charge is -2.25. The highest BCUT2D eigenvalue weighted by molar-refractivity contribution is 5.63. The number of halogens is 1. The van der Waals surface area contributed by atoms with Gasteiger partial charge in [-0.05, 0) is 30.2 Å². The number of aromatic nitrogens is 2. The molecule has 0 amide bonds. The summed E-state index contributed by atoms with van der Waals surface area (Å²) in [5, 5.41) is 4.19. The van der Waals surface area contributed by atoms with Crippen LogP contribution in [0.1, 0.15) is 29.5 Å². The van der Waals surface area contributed by atoms with Crippen LogP contribution in [-0.2, 0) is 25.9 Å². The van der Waals surface area contributed by atoms with Crippen molar-refractivity contribution in [3.63, 3.8) is 0 Å². The summed E-state index contributed by atoms with van der Waals surface area (Å²) >= 11 is 0. The molecule has 0 saturated heterocycles. The van der Waals surface area contributed by atoms with Gasteiger partial charge in [-0.1, -0.05) is 30.3 Å². The standard InChI is InChI=1S/C20H20FN3O/c1-2-14-6-7-17(22-11-14)12-24-9-8-19-18(13-24)20(23-25-19)15-4-3-5-16(21)10-15/h3-7,10-11H,2,8-9,12-13H2,1H3. The summed E-state index contributed by atoms with van der Waals surface area (Å²) < 4.78 is 19.0. The van der Waals surface area contributed by atoms with E-state index >= 15 is 0 Å². The molecule has 0 fully saturated rings. The van der Waals surface area contributed by atoms with Crippen LogP contribution in [-0.4, -0.2) is 21.6 Å². The predicted molar refractivity (Wildman–Crippen MR) is 93.3 cm³/mol. The molecular formula is C20H20FN3O. The average molecular weight is 337 g/mol. The summed E-state index contributed by atoms with van der Waals surface area (Å²) in [6.07, 6.45) is 3.75. The van der Waals surface area contributed by atoms with E-state index in [9.17, 15) is 4.39 Å². The van der Waals surface area contributed by atoms with E-state index in [0.717, 1.165) is 60.8 Å². The SMILES string of the molecule is CCc1ccc(CN2CCc3onc(-c4cccc(F)c4)c3C2)nc1. The Bertz CT molecular complexity index is 873. The molecule has 0 aliphatic carbocycles. The van der Waals surface area contributed by atoms with Gasteiger partial charge in [0.25, 0.3) is 0 Å². The van der Waals surface area contributed by atoms with E-state index < -0.39 is 0 Å². The molecule has 5 heteroatoms. The van der Waals surface area contributed by atoms with E-state index in [0.29, 0.717) is 0 Å². The first kappa shape index (κ1) is 16.0. The van der Waals surface area contributed by atoms with Crippen LogP contribution in [0.15, 0.2) is 47.1 Å². The Hall–Kier alpha value is -2.53. The zero-order valence-electron chi connectivity index (χ0n) is 14.2. The molecule has 0 N–H and O–H groups in total. The van der Waals surface area contributed by atoms with Crippen LogP contribution in [0.2, 0.25) is 0 Å². The summed E-state index contributed by atoms with van der Waals surface area (Å²) in [4.78, 5) is 6.88. The second-order valence-corrected chi connectivity index (χ2v) is 6.42. The largest absolute Gasteiger partial charge is 0.360 e. The smallest absolute Gasteiger partial charge is 0.143 e. The van der Waals surface area contributed by atoms with E-state index in [1.807, 2.05) is 12.3 Å². The van der Waals surface area contributed by atoms with Crippen molar-refractivity contribution in [2.24, 2.45) is 0 Å². The van der Waals surface area contributed by atoms with Crippen molar-refractivity contribution in [2.45, 2.75) is 32.9 Å². The highest BCUT2D eigenvalue weighted by Gasteiger charge is 2.25. The van der Waals surface area contributed by atoms with E-state index in [1.54, 1.807) is 6.07 Å². The number of hydrogen-bond acceptors (Lipinski definition) is 4. The maximum absolute atomic E-state index is 13.5. The minimum absolute atomic E-state index is 0.262. The van der Waals surface area contributed by atoms with Crippen molar-refractivity contribution in [3.05, 3.63) is 71.0 Å². The molecule has 0 spiro atoms. The molecule has 2 aromatic heterocycles. The Labute approximate surface area is 146 Å². The fraction of sp³-hybridized carbons (Fsp3) is 0.300. The van der Waals surface area contributed by atoms with Gasteiger partial charge in [-0.25, -0.2) is 4.39 Å². The van der Waals surface area contributed by atoms with E-state index in [-0.39, 0.29) is 5.82 Å². The lowest BCUT2D eigenvalue weighted by Crippen LogP contribution is -2.30. The molecule has 0 bridgehead atoms. The lowest BCUT2D eigenvalue weighted by atomic mass is 10.0. The first-order valence-corrected chi connectivity index (χ1v) is 8.62. The monoisotopic (exact) mass is 337 g/mol. The number of benzene rings is 1. The fourth-order valence-electron chi connectivity index (χ4n) is 3.25. The van der Waals surface area contributed by atoms with Gasteiger partial charge in [-0.3, -0.25) is 9.88 Å². The van der Waals surface area contributed by atoms with Crippen LogP contribution in [0.25, 0.3) is 11.3 Å². The van der Waals surface area contributed by atoms with E-state index in [4.69, 9.17) is 4.52 Å². The molecule has 4 rings (SSSR count). The Morgan fingerprint density at radius 3 is 2.92 bits per heavy atom. The third-order valence-electron chi connectivity index (χ3n) is 4.68. The molecule has 1 aliphatic rings. The van der Waals surface area contributed by atoms with Gasteiger partial charge in [0, 0.05) is 43.4 Å². The first-order valence-electron chi connectivity index (χ1n) is 8.62. The number of aryl methyl sites for hydroxylation is 1. The fourth-order valence-corrected chi connectivity index (χ4v) is 3.25. The average Bonchev–Trinajstić information content (AvgIpc) is 3.06. The summed E-state index contributed by atoms with van der Waals surface area (Å²) in [5.41, 5.74) is 4.87. The quantitative estimate of drug-likeness (QED) is 0.722. The lowest BCUT2D eigenvalue weighted by molar-refractivity contribution is 0.226. The minimum Gasteiger partial charge on any atom is -0.360 e. The number of rotatable bonds is 4. The van der Waals surface area contributed by atoms with Crippen molar-refractivity contribution in [3.8, 4) is 11.3 Å². The molecule has 3 aromatic rings. The Morgan fingerprint density at radius 1 is 1.24 bits per heavy atom. The third kappa shape index (κ3) is 3.33. The summed E-state index contributed by atoms with van der Waals surface area (Å²) in [6.45, 7) is 4.56. The molecule has 0 atom stereocenters. The minimum atomic E-state index is -0.262. The number of nitrogens with zero attached hydrogens (tertiary/aromatic N) is 3.